The van der Waals surface area contributed by atoms with Crippen LogP contribution in [0, 0.1) is 6.92 Å². The van der Waals surface area contributed by atoms with Crippen molar-refractivity contribution >= 4 is 38.8 Å². The Morgan fingerprint density at radius 3 is 2.54 bits per heavy atom. The Morgan fingerprint density at radius 1 is 1.17 bits per heavy atom. The molecule has 0 bridgehead atoms. The zero-order chi connectivity index (χ0) is 24.7. The average molecular weight is 498 g/mol. The normalized spacial score (nSPS) is 18.0. The number of hydrogen-bond acceptors (Lipinski definition) is 7. The van der Waals surface area contributed by atoms with Crippen LogP contribution in [0.4, 0.5) is 5.82 Å². The van der Waals surface area contributed by atoms with Crippen LogP contribution in [0.15, 0.2) is 34.7 Å². The Kier molecular flexibility index (Phi) is 6.00. The smallest absolute Gasteiger partial charge is 0.306 e. The molecule has 1 atom stereocenters. The van der Waals surface area contributed by atoms with Crippen molar-refractivity contribution in [3.63, 3.8) is 0 Å². The van der Waals surface area contributed by atoms with Crippen LogP contribution in [0.3, 0.4) is 0 Å². The number of nitrogens with one attached hydrogen (secondary N) is 2. The fourth-order valence-corrected chi connectivity index (χ4v) is 5.49. The minimum absolute atomic E-state index is 0.163. The molecule has 2 N–H and O–H groups in total. The van der Waals surface area contributed by atoms with Gasteiger partial charge in [-0.05, 0) is 43.7 Å². The van der Waals surface area contributed by atoms with Crippen LogP contribution in [0.1, 0.15) is 59.5 Å². The quantitative estimate of drug-likeness (QED) is 0.452. The van der Waals surface area contributed by atoms with Crippen LogP contribution in [0.5, 0.6) is 0 Å². The van der Waals surface area contributed by atoms with Crippen molar-refractivity contribution in [2.75, 3.05) is 17.5 Å². The van der Waals surface area contributed by atoms with E-state index in [0.717, 1.165) is 29.5 Å². The van der Waals surface area contributed by atoms with Crippen molar-refractivity contribution in [1.82, 2.24) is 10.3 Å². The maximum atomic E-state index is 12.9. The number of rotatable bonds is 8. The highest BCUT2D eigenvalue weighted by Gasteiger charge is 2.32. The summed E-state index contributed by atoms with van der Waals surface area (Å²) in [4.78, 5) is 28.7. The van der Waals surface area contributed by atoms with Gasteiger partial charge < -0.3 is 14.5 Å². The third-order valence-electron chi connectivity index (χ3n) is 6.43. The molecule has 2 aromatic heterocycles. The van der Waals surface area contributed by atoms with E-state index in [4.69, 9.17) is 9.15 Å². The molecule has 2 aliphatic rings. The molecule has 1 aliphatic heterocycles. The second kappa shape index (κ2) is 8.99. The topological polar surface area (TPSA) is 128 Å². The first-order chi connectivity index (χ1) is 16.7. The van der Waals surface area contributed by atoms with Gasteiger partial charge in [-0.3, -0.25) is 14.3 Å². The average Bonchev–Trinajstić information content (AvgIpc) is 3.48. The Bertz CT molecular complexity index is 1410. The van der Waals surface area contributed by atoms with Gasteiger partial charge in [-0.25, -0.2) is 8.42 Å². The molecule has 3 heterocycles. The molecule has 1 saturated carbocycles. The summed E-state index contributed by atoms with van der Waals surface area (Å²) >= 11 is 0. The molecule has 1 unspecified atom stereocenters. The molecular weight excluding hydrogens is 470 g/mol. The summed E-state index contributed by atoms with van der Waals surface area (Å²) in [5.74, 6) is -0.0197. The van der Waals surface area contributed by atoms with E-state index in [0.29, 0.717) is 29.6 Å². The highest BCUT2D eigenvalue weighted by Crippen LogP contribution is 2.45. The number of hydrogen-bond donors (Lipinski definition) is 2. The predicted octanol–water partition coefficient (Wildman–Crippen LogP) is 3.88. The van der Waals surface area contributed by atoms with E-state index >= 15 is 0 Å². The fourth-order valence-electron chi connectivity index (χ4n) is 4.36. The number of aromatic nitrogens is 1. The summed E-state index contributed by atoms with van der Waals surface area (Å²) in [5.41, 5.74) is 3.11. The molecule has 1 aliphatic carbocycles. The first-order valence-corrected chi connectivity index (χ1v) is 13.4. The van der Waals surface area contributed by atoms with E-state index in [1.807, 2.05) is 37.3 Å². The third-order valence-corrected chi connectivity index (χ3v) is 7.70. The van der Waals surface area contributed by atoms with E-state index in [9.17, 15) is 18.0 Å². The van der Waals surface area contributed by atoms with Gasteiger partial charge in [0.15, 0.2) is 0 Å². The largest absolute Gasteiger partial charge is 0.462 e. The Balaban J connectivity index is 1.52. The maximum absolute atomic E-state index is 12.9. The zero-order valence-electron chi connectivity index (χ0n) is 19.6. The number of sulfonamides is 1. The number of esters is 1. The van der Waals surface area contributed by atoms with Gasteiger partial charge in [0, 0.05) is 25.5 Å². The van der Waals surface area contributed by atoms with Gasteiger partial charge in [-0.15, -0.1) is 0 Å². The van der Waals surface area contributed by atoms with Gasteiger partial charge in [0.05, 0.1) is 16.7 Å². The number of amides is 1. The molecule has 35 heavy (non-hydrogen) atoms. The van der Waals surface area contributed by atoms with Crippen molar-refractivity contribution in [3.05, 3.63) is 47.0 Å². The Morgan fingerprint density at radius 2 is 1.91 bits per heavy atom. The van der Waals surface area contributed by atoms with Crippen LogP contribution in [-0.4, -0.2) is 44.2 Å². The van der Waals surface area contributed by atoms with Crippen molar-refractivity contribution in [2.24, 2.45) is 0 Å². The predicted molar refractivity (Wildman–Crippen MR) is 131 cm³/mol. The summed E-state index contributed by atoms with van der Waals surface area (Å²) in [5, 5.41) is 3.21. The molecule has 10 heteroatoms. The first-order valence-electron chi connectivity index (χ1n) is 11.7. The number of pyridine rings is 1. The summed E-state index contributed by atoms with van der Waals surface area (Å²) in [6.45, 7) is 1.97. The van der Waals surface area contributed by atoms with Gasteiger partial charge >= 0.3 is 5.97 Å². The molecule has 2 fully saturated rings. The number of benzene rings is 1. The lowest BCUT2D eigenvalue weighted by Crippen LogP contribution is -2.22. The molecule has 5 rings (SSSR count). The number of nitrogens with zero attached hydrogens (tertiary/aromatic N) is 1. The number of ether oxygens (including phenoxy) is 1. The lowest BCUT2D eigenvalue weighted by molar-refractivity contribution is -0.141. The van der Waals surface area contributed by atoms with Crippen molar-refractivity contribution < 1.29 is 27.2 Å². The highest BCUT2D eigenvalue weighted by molar-refractivity contribution is 7.92. The second-order valence-electron chi connectivity index (χ2n) is 9.16. The zero-order valence-corrected chi connectivity index (χ0v) is 20.4. The number of carbonyl (C=O) groups is 2. The number of furan rings is 1. The first kappa shape index (κ1) is 23.3. The molecular formula is C25H27N3O6S. The fraction of sp³-hybridized carbons (Fsp3) is 0.400. The number of anilines is 1. The van der Waals surface area contributed by atoms with E-state index in [2.05, 4.69) is 15.0 Å². The maximum Gasteiger partial charge on any atom is 0.306 e. The number of aryl methyl sites for hydroxylation is 1. The summed E-state index contributed by atoms with van der Waals surface area (Å²) in [6, 6.07) is 9.44. The summed E-state index contributed by atoms with van der Waals surface area (Å²) < 4.78 is 39.5. The van der Waals surface area contributed by atoms with Gasteiger partial charge in [0.25, 0.3) is 5.91 Å². The molecule has 0 spiro atoms. The van der Waals surface area contributed by atoms with Crippen molar-refractivity contribution in [3.8, 4) is 11.3 Å². The second-order valence-corrected chi connectivity index (χ2v) is 11.0. The van der Waals surface area contributed by atoms with Crippen LogP contribution in [-0.2, 0) is 19.6 Å². The lowest BCUT2D eigenvalue weighted by Gasteiger charge is -2.13. The molecule has 9 nitrogen and oxygen atoms in total. The standard InChI is InChI=1S/C25H27N3O6S/c1-14-3-5-16(6-4-14)22-21(24(30)26-2)19-13-18(15-7-8-15)23(27-25(19)34-22)28-35(31,32)12-11-17-9-10-20(29)33-17/h3-6,13,15,17H,7-12H2,1-2H3,(H,26,30)(H,27,28). The lowest BCUT2D eigenvalue weighted by atomic mass is 10.0. The number of carbonyl (C=O) groups excluding carboxylic acids is 2. The van der Waals surface area contributed by atoms with Gasteiger partial charge in [-0.1, -0.05) is 29.8 Å². The van der Waals surface area contributed by atoms with Crippen molar-refractivity contribution in [1.29, 1.82) is 0 Å². The van der Waals surface area contributed by atoms with Crippen molar-refractivity contribution in [2.45, 2.75) is 51.0 Å². The summed E-state index contributed by atoms with van der Waals surface area (Å²) in [7, 11) is -2.19. The number of cyclic esters (lactones) is 1. The van der Waals surface area contributed by atoms with Gasteiger partial charge in [0.2, 0.25) is 15.7 Å². The summed E-state index contributed by atoms with van der Waals surface area (Å²) in [6.07, 6.45) is 2.52. The van der Waals surface area contributed by atoms with Crippen LogP contribution >= 0.6 is 0 Å². The van der Waals surface area contributed by atoms with Gasteiger partial charge in [0.1, 0.15) is 17.7 Å². The van der Waals surface area contributed by atoms with Crippen LogP contribution in [0.2, 0.25) is 0 Å². The SMILES string of the molecule is CNC(=O)c1c(-c2ccc(C)cc2)oc2nc(NS(=O)(=O)CCC3CCC(=O)O3)c(C3CC3)cc12. The van der Waals surface area contributed by atoms with Gasteiger partial charge in [-0.2, -0.15) is 4.98 Å². The van der Waals surface area contributed by atoms with Crippen LogP contribution < -0.4 is 10.0 Å². The molecule has 3 aromatic rings. The Labute approximate surface area is 203 Å². The van der Waals surface area contributed by atoms with E-state index < -0.39 is 10.0 Å². The van der Waals surface area contributed by atoms with Crippen LogP contribution in [0.25, 0.3) is 22.4 Å². The van der Waals surface area contributed by atoms with E-state index in [1.165, 1.54) is 0 Å². The Hall–Kier alpha value is -3.40. The monoisotopic (exact) mass is 497 g/mol. The molecule has 184 valence electrons. The minimum atomic E-state index is -3.74. The highest BCUT2D eigenvalue weighted by atomic mass is 32.2. The third kappa shape index (κ3) is 4.88. The minimum Gasteiger partial charge on any atom is -0.462 e. The molecule has 1 saturated heterocycles. The molecule has 1 amide bonds. The van der Waals surface area contributed by atoms with E-state index in [-0.39, 0.29) is 47.6 Å². The molecule has 1 aromatic carbocycles. The molecule has 0 radical (unpaired) electrons. The van der Waals surface area contributed by atoms with E-state index in [1.54, 1.807) is 7.05 Å². The number of fused-ring (bicyclic) bond motifs is 1.